The van der Waals surface area contributed by atoms with Gasteiger partial charge >= 0.3 is 0 Å². The number of nitrogens with one attached hydrogen (secondary N) is 1. The summed E-state index contributed by atoms with van der Waals surface area (Å²) in [6.07, 6.45) is 3.90. The third-order valence-corrected chi connectivity index (χ3v) is 5.32. The Labute approximate surface area is 137 Å². The molecule has 0 bridgehead atoms. The van der Waals surface area contributed by atoms with E-state index < -0.39 is 10.0 Å². The molecule has 9 heteroatoms. The Kier molecular flexibility index (Phi) is 5.41. The van der Waals surface area contributed by atoms with E-state index in [-0.39, 0.29) is 24.1 Å². The van der Waals surface area contributed by atoms with Crippen molar-refractivity contribution in [2.24, 2.45) is 0 Å². The van der Waals surface area contributed by atoms with Crippen molar-refractivity contribution in [2.75, 3.05) is 19.3 Å². The van der Waals surface area contributed by atoms with Crippen LogP contribution in [-0.4, -0.2) is 48.6 Å². The van der Waals surface area contributed by atoms with Gasteiger partial charge in [0.25, 0.3) is 5.56 Å². The summed E-state index contributed by atoms with van der Waals surface area (Å²) in [5, 5.41) is 2.85. The van der Waals surface area contributed by atoms with E-state index in [9.17, 15) is 18.0 Å². The van der Waals surface area contributed by atoms with Crippen LogP contribution in [0.4, 0.5) is 0 Å². The van der Waals surface area contributed by atoms with Gasteiger partial charge in [-0.1, -0.05) is 0 Å². The summed E-state index contributed by atoms with van der Waals surface area (Å²) in [4.78, 5) is 23.6. The third-order valence-electron chi connectivity index (χ3n) is 3.55. The number of hydrogen-bond acceptors (Lipinski definition) is 4. The molecule has 1 aliphatic rings. The quantitative estimate of drug-likeness (QED) is 0.790. The van der Waals surface area contributed by atoms with Crippen LogP contribution in [0.3, 0.4) is 0 Å². The van der Waals surface area contributed by atoms with E-state index in [1.165, 1.54) is 21.2 Å². The van der Waals surface area contributed by atoms with Crippen molar-refractivity contribution in [3.63, 3.8) is 0 Å². The van der Waals surface area contributed by atoms with Crippen molar-refractivity contribution >= 4 is 31.9 Å². The molecule has 1 aliphatic heterocycles. The Morgan fingerprint density at radius 2 is 2.00 bits per heavy atom. The van der Waals surface area contributed by atoms with E-state index in [1.54, 1.807) is 12.3 Å². The zero-order chi connectivity index (χ0) is 16.3. The Bertz CT molecular complexity index is 708. The van der Waals surface area contributed by atoms with Crippen molar-refractivity contribution in [1.29, 1.82) is 0 Å². The molecule has 0 aliphatic carbocycles. The summed E-state index contributed by atoms with van der Waals surface area (Å²) in [7, 11) is -3.17. The first-order valence-corrected chi connectivity index (χ1v) is 9.50. The fourth-order valence-electron chi connectivity index (χ4n) is 2.39. The fourth-order valence-corrected chi connectivity index (χ4v) is 3.64. The van der Waals surface area contributed by atoms with Crippen LogP contribution in [0.15, 0.2) is 27.6 Å². The molecule has 1 saturated heterocycles. The Hall–Kier alpha value is -1.19. The molecule has 1 amide bonds. The number of nitrogens with zero attached hydrogens (tertiary/aromatic N) is 2. The number of halogens is 1. The average molecular weight is 392 g/mol. The van der Waals surface area contributed by atoms with Crippen LogP contribution in [0.2, 0.25) is 0 Å². The number of hydrogen-bond donors (Lipinski definition) is 1. The van der Waals surface area contributed by atoms with E-state index in [2.05, 4.69) is 21.2 Å². The monoisotopic (exact) mass is 391 g/mol. The minimum Gasteiger partial charge on any atom is -0.352 e. The SMILES string of the molecule is CS(=O)(=O)N1CCC(NC(=O)Cn2cc(Br)ccc2=O)CC1. The van der Waals surface area contributed by atoms with Gasteiger partial charge in [0.05, 0.1) is 6.26 Å². The van der Waals surface area contributed by atoms with E-state index >= 15 is 0 Å². The molecule has 0 unspecified atom stereocenters. The zero-order valence-electron chi connectivity index (χ0n) is 12.2. The normalized spacial score (nSPS) is 17.4. The minimum atomic E-state index is -3.17. The largest absolute Gasteiger partial charge is 0.352 e. The van der Waals surface area contributed by atoms with Gasteiger partial charge < -0.3 is 9.88 Å². The summed E-state index contributed by atoms with van der Waals surface area (Å²) in [6, 6.07) is 2.95. The molecule has 0 spiro atoms. The fraction of sp³-hybridized carbons (Fsp3) is 0.538. The molecule has 2 rings (SSSR count). The van der Waals surface area contributed by atoms with Gasteiger partial charge in [-0.25, -0.2) is 12.7 Å². The predicted molar refractivity (Wildman–Crippen MR) is 86.0 cm³/mol. The second-order valence-electron chi connectivity index (χ2n) is 5.32. The number of carbonyl (C=O) groups excluding carboxylic acids is 1. The molecule has 22 heavy (non-hydrogen) atoms. The lowest BCUT2D eigenvalue weighted by molar-refractivity contribution is -0.122. The van der Waals surface area contributed by atoms with Gasteiger partial charge in [0, 0.05) is 35.9 Å². The van der Waals surface area contributed by atoms with Crippen molar-refractivity contribution in [3.8, 4) is 0 Å². The van der Waals surface area contributed by atoms with Gasteiger partial charge in [0.15, 0.2) is 0 Å². The number of rotatable bonds is 4. The van der Waals surface area contributed by atoms with Crippen molar-refractivity contribution in [2.45, 2.75) is 25.4 Å². The van der Waals surface area contributed by atoms with Crippen LogP contribution < -0.4 is 10.9 Å². The second kappa shape index (κ2) is 6.93. The van der Waals surface area contributed by atoms with Gasteiger partial charge in [-0.3, -0.25) is 9.59 Å². The maximum Gasteiger partial charge on any atom is 0.251 e. The van der Waals surface area contributed by atoms with Gasteiger partial charge in [-0.2, -0.15) is 0 Å². The molecular weight excluding hydrogens is 374 g/mol. The minimum absolute atomic E-state index is 0.0510. The summed E-state index contributed by atoms with van der Waals surface area (Å²) in [6.45, 7) is 0.756. The second-order valence-corrected chi connectivity index (χ2v) is 8.22. The zero-order valence-corrected chi connectivity index (χ0v) is 14.6. The highest BCUT2D eigenvalue weighted by Crippen LogP contribution is 2.13. The number of aromatic nitrogens is 1. The molecule has 122 valence electrons. The Balaban J connectivity index is 1.89. The lowest BCUT2D eigenvalue weighted by atomic mass is 10.1. The highest BCUT2D eigenvalue weighted by molar-refractivity contribution is 9.10. The van der Waals surface area contributed by atoms with E-state index in [1.807, 2.05) is 0 Å². The van der Waals surface area contributed by atoms with Gasteiger partial charge in [0.2, 0.25) is 15.9 Å². The first-order chi connectivity index (χ1) is 10.3. The molecule has 1 fully saturated rings. The molecular formula is C13H18BrN3O4S. The molecule has 0 atom stereocenters. The van der Waals surface area contributed by atoms with Crippen LogP contribution in [0.25, 0.3) is 0 Å². The number of sulfonamides is 1. The van der Waals surface area contributed by atoms with Gasteiger partial charge in [-0.05, 0) is 34.8 Å². The molecule has 1 aromatic rings. The van der Waals surface area contributed by atoms with Gasteiger partial charge in [-0.15, -0.1) is 0 Å². The Morgan fingerprint density at radius 1 is 1.36 bits per heavy atom. The third kappa shape index (κ3) is 4.65. The number of piperidine rings is 1. The Morgan fingerprint density at radius 3 is 2.59 bits per heavy atom. The molecule has 1 N–H and O–H groups in total. The summed E-state index contributed by atoms with van der Waals surface area (Å²) in [5.41, 5.74) is -0.245. The number of amides is 1. The molecule has 0 saturated carbocycles. The van der Waals surface area contributed by atoms with E-state index in [0.29, 0.717) is 25.9 Å². The van der Waals surface area contributed by atoms with Crippen LogP contribution in [0.5, 0.6) is 0 Å². The van der Waals surface area contributed by atoms with Crippen LogP contribution in [0, 0.1) is 0 Å². The highest BCUT2D eigenvalue weighted by atomic mass is 79.9. The maximum atomic E-state index is 12.0. The lowest BCUT2D eigenvalue weighted by Gasteiger charge is -2.30. The predicted octanol–water partition coefficient (Wildman–Crippen LogP) is 0.151. The number of carbonyl (C=O) groups is 1. The number of pyridine rings is 1. The van der Waals surface area contributed by atoms with E-state index in [4.69, 9.17) is 0 Å². The standard InChI is InChI=1S/C13H18BrN3O4S/c1-22(20,21)17-6-4-11(5-7-17)15-12(18)9-16-8-10(14)2-3-13(16)19/h2-3,8,11H,4-7,9H2,1H3,(H,15,18). The highest BCUT2D eigenvalue weighted by Gasteiger charge is 2.25. The van der Waals surface area contributed by atoms with Crippen molar-refractivity contribution in [3.05, 3.63) is 33.2 Å². The smallest absolute Gasteiger partial charge is 0.251 e. The maximum absolute atomic E-state index is 12.0. The van der Waals surface area contributed by atoms with Crippen molar-refractivity contribution < 1.29 is 13.2 Å². The van der Waals surface area contributed by atoms with Crippen molar-refractivity contribution in [1.82, 2.24) is 14.2 Å². The molecule has 0 aromatic carbocycles. The summed E-state index contributed by atoms with van der Waals surface area (Å²) >= 11 is 3.26. The van der Waals surface area contributed by atoms with Crippen LogP contribution >= 0.6 is 15.9 Å². The summed E-state index contributed by atoms with van der Waals surface area (Å²) < 4.78 is 26.3. The molecule has 0 radical (unpaired) electrons. The van der Waals surface area contributed by atoms with Gasteiger partial charge in [0.1, 0.15) is 6.54 Å². The lowest BCUT2D eigenvalue weighted by Crippen LogP contribution is -2.47. The first-order valence-electron chi connectivity index (χ1n) is 6.86. The first kappa shape index (κ1) is 17.2. The topological polar surface area (TPSA) is 88.5 Å². The van der Waals surface area contributed by atoms with Crippen LogP contribution in [0.1, 0.15) is 12.8 Å². The van der Waals surface area contributed by atoms with E-state index in [0.717, 1.165) is 4.47 Å². The molecule has 2 heterocycles. The molecule has 7 nitrogen and oxygen atoms in total. The average Bonchev–Trinajstić information content (AvgIpc) is 2.42. The molecule has 1 aromatic heterocycles. The van der Waals surface area contributed by atoms with Crippen LogP contribution in [-0.2, 0) is 21.4 Å². The summed E-state index contributed by atoms with van der Waals surface area (Å²) in [5.74, 6) is -0.252.